The third kappa shape index (κ3) is 6.44. The Morgan fingerprint density at radius 1 is 1.28 bits per heavy atom. The van der Waals surface area contributed by atoms with Crippen LogP contribution in [0.15, 0.2) is 28.8 Å². The lowest BCUT2D eigenvalue weighted by molar-refractivity contribution is -0.137. The summed E-state index contributed by atoms with van der Waals surface area (Å²) in [7, 11) is 0. The van der Waals surface area contributed by atoms with Gasteiger partial charge in [-0.25, -0.2) is 0 Å². The lowest BCUT2D eigenvalue weighted by Crippen LogP contribution is -2.27. The molecule has 0 aliphatic heterocycles. The lowest BCUT2D eigenvalue weighted by Gasteiger charge is -2.09. The summed E-state index contributed by atoms with van der Waals surface area (Å²) in [4.78, 5) is 15.7. The maximum Gasteiger partial charge on any atom is 0.416 e. The Bertz CT molecular complexity index is 684. The second-order valence-corrected chi connectivity index (χ2v) is 5.31. The van der Waals surface area contributed by atoms with E-state index in [2.05, 4.69) is 15.5 Å². The zero-order valence-electron chi connectivity index (χ0n) is 13.6. The van der Waals surface area contributed by atoms with E-state index in [1.807, 2.05) is 0 Å². The number of ether oxygens (including phenoxy) is 1. The predicted molar refractivity (Wildman–Crippen MR) is 81.9 cm³/mol. The lowest BCUT2D eigenvalue weighted by atomic mass is 10.2. The quantitative estimate of drug-likeness (QED) is 0.735. The Labute approximate surface area is 142 Å². The Morgan fingerprint density at radius 2 is 2.00 bits per heavy atom. The topological polar surface area (TPSA) is 77.2 Å². The van der Waals surface area contributed by atoms with Gasteiger partial charge in [0, 0.05) is 12.8 Å². The van der Waals surface area contributed by atoms with E-state index in [-0.39, 0.29) is 19.1 Å². The molecular formula is C16H18F3N3O3. The molecule has 0 saturated carbocycles. The molecule has 136 valence electrons. The minimum absolute atomic E-state index is 0.146. The molecular weight excluding hydrogens is 339 g/mol. The molecule has 0 atom stereocenters. The summed E-state index contributed by atoms with van der Waals surface area (Å²) in [6.45, 7) is 2.15. The first-order chi connectivity index (χ1) is 11.8. The van der Waals surface area contributed by atoms with Crippen molar-refractivity contribution in [3.8, 4) is 5.75 Å². The summed E-state index contributed by atoms with van der Waals surface area (Å²) in [5.74, 6) is 1.22. The number of carbonyl (C=O) groups excluding carboxylic acids is 1. The molecule has 1 amide bonds. The standard InChI is InChI=1S/C16H18F3N3O3/c1-11-21-15(25-22-11)4-2-3-14(23)20-9-10-24-13-7-5-12(6-8-13)16(17,18)19/h5-8H,2-4,9-10H2,1H3,(H,20,23). The van der Waals surface area contributed by atoms with Gasteiger partial charge in [0.05, 0.1) is 12.1 Å². The minimum atomic E-state index is -4.37. The van der Waals surface area contributed by atoms with Gasteiger partial charge < -0.3 is 14.6 Å². The number of hydrogen-bond donors (Lipinski definition) is 1. The maximum absolute atomic E-state index is 12.4. The molecule has 0 aliphatic carbocycles. The van der Waals surface area contributed by atoms with Gasteiger partial charge in [0.2, 0.25) is 11.8 Å². The Hall–Kier alpha value is -2.58. The number of rotatable bonds is 8. The summed E-state index contributed by atoms with van der Waals surface area (Å²) in [5.41, 5.74) is -0.732. The van der Waals surface area contributed by atoms with Gasteiger partial charge in [-0.15, -0.1) is 0 Å². The SMILES string of the molecule is Cc1noc(CCCC(=O)NCCOc2ccc(C(F)(F)F)cc2)n1. The van der Waals surface area contributed by atoms with E-state index in [9.17, 15) is 18.0 Å². The molecule has 1 aromatic heterocycles. The average molecular weight is 357 g/mol. The van der Waals surface area contributed by atoms with Crippen LogP contribution >= 0.6 is 0 Å². The number of aromatic nitrogens is 2. The van der Waals surface area contributed by atoms with E-state index >= 15 is 0 Å². The molecule has 0 unspecified atom stereocenters. The number of benzene rings is 1. The van der Waals surface area contributed by atoms with Crippen molar-refractivity contribution in [1.82, 2.24) is 15.5 Å². The summed E-state index contributed by atoms with van der Waals surface area (Å²) in [5, 5.41) is 6.33. The van der Waals surface area contributed by atoms with Crippen LogP contribution in [0.2, 0.25) is 0 Å². The van der Waals surface area contributed by atoms with Crippen LogP contribution in [-0.2, 0) is 17.4 Å². The van der Waals surface area contributed by atoms with Crippen molar-refractivity contribution in [1.29, 1.82) is 0 Å². The van der Waals surface area contributed by atoms with Crippen molar-refractivity contribution in [3.63, 3.8) is 0 Å². The summed E-state index contributed by atoms with van der Waals surface area (Å²) < 4.78 is 47.5. The summed E-state index contributed by atoms with van der Waals surface area (Å²) in [6.07, 6.45) is -2.96. The highest BCUT2D eigenvalue weighted by Crippen LogP contribution is 2.30. The first-order valence-corrected chi connectivity index (χ1v) is 7.70. The highest BCUT2D eigenvalue weighted by molar-refractivity contribution is 5.75. The van der Waals surface area contributed by atoms with Crippen LogP contribution in [0.5, 0.6) is 5.75 Å². The third-order valence-electron chi connectivity index (χ3n) is 3.24. The van der Waals surface area contributed by atoms with E-state index in [1.54, 1.807) is 6.92 Å². The van der Waals surface area contributed by atoms with E-state index in [0.717, 1.165) is 12.1 Å². The van der Waals surface area contributed by atoms with Gasteiger partial charge in [0.25, 0.3) is 0 Å². The van der Waals surface area contributed by atoms with E-state index in [4.69, 9.17) is 9.26 Å². The summed E-state index contributed by atoms with van der Waals surface area (Å²) >= 11 is 0. The van der Waals surface area contributed by atoms with Gasteiger partial charge in [-0.2, -0.15) is 18.2 Å². The van der Waals surface area contributed by atoms with Crippen LogP contribution in [-0.4, -0.2) is 29.2 Å². The van der Waals surface area contributed by atoms with Crippen molar-refractivity contribution in [2.45, 2.75) is 32.4 Å². The van der Waals surface area contributed by atoms with Gasteiger partial charge in [0.1, 0.15) is 12.4 Å². The molecule has 0 aliphatic rings. The molecule has 25 heavy (non-hydrogen) atoms. The first-order valence-electron chi connectivity index (χ1n) is 7.70. The molecule has 0 saturated heterocycles. The van der Waals surface area contributed by atoms with Gasteiger partial charge in [-0.3, -0.25) is 4.79 Å². The monoisotopic (exact) mass is 357 g/mol. The number of nitrogens with zero attached hydrogens (tertiary/aromatic N) is 2. The molecule has 0 spiro atoms. The van der Waals surface area contributed by atoms with Crippen LogP contribution in [0, 0.1) is 6.92 Å². The van der Waals surface area contributed by atoms with Crippen molar-refractivity contribution in [2.75, 3.05) is 13.2 Å². The number of carbonyl (C=O) groups is 1. The highest BCUT2D eigenvalue weighted by atomic mass is 19.4. The highest BCUT2D eigenvalue weighted by Gasteiger charge is 2.29. The zero-order chi connectivity index (χ0) is 18.3. The molecule has 0 bridgehead atoms. The fourth-order valence-corrected chi connectivity index (χ4v) is 2.03. The number of hydrogen-bond acceptors (Lipinski definition) is 5. The van der Waals surface area contributed by atoms with Crippen LogP contribution in [0.4, 0.5) is 13.2 Å². The van der Waals surface area contributed by atoms with Crippen molar-refractivity contribution in [2.24, 2.45) is 0 Å². The second-order valence-electron chi connectivity index (χ2n) is 5.31. The maximum atomic E-state index is 12.4. The smallest absolute Gasteiger partial charge is 0.416 e. The molecule has 1 heterocycles. The average Bonchev–Trinajstić information content (AvgIpc) is 2.96. The van der Waals surface area contributed by atoms with Crippen LogP contribution in [0.3, 0.4) is 0 Å². The molecule has 1 N–H and O–H groups in total. The fraction of sp³-hybridized carbons (Fsp3) is 0.438. The molecule has 1 aromatic carbocycles. The third-order valence-corrected chi connectivity index (χ3v) is 3.24. The van der Waals surface area contributed by atoms with Crippen LogP contribution in [0.25, 0.3) is 0 Å². The number of aryl methyl sites for hydroxylation is 2. The summed E-state index contributed by atoms with van der Waals surface area (Å²) in [6, 6.07) is 4.40. The van der Waals surface area contributed by atoms with Crippen molar-refractivity contribution in [3.05, 3.63) is 41.5 Å². The zero-order valence-corrected chi connectivity index (χ0v) is 13.6. The number of halogens is 3. The van der Waals surface area contributed by atoms with Gasteiger partial charge >= 0.3 is 6.18 Å². The van der Waals surface area contributed by atoms with Crippen LogP contribution < -0.4 is 10.1 Å². The first kappa shape index (κ1) is 18.8. The molecule has 2 rings (SSSR count). The minimum Gasteiger partial charge on any atom is -0.492 e. The Morgan fingerprint density at radius 3 is 2.60 bits per heavy atom. The van der Waals surface area contributed by atoms with Gasteiger partial charge in [0.15, 0.2) is 5.82 Å². The molecule has 6 nitrogen and oxygen atoms in total. The molecule has 0 radical (unpaired) electrons. The number of nitrogens with one attached hydrogen (secondary N) is 1. The molecule has 0 fully saturated rings. The predicted octanol–water partition coefficient (Wildman–Crippen LogP) is 2.91. The number of amides is 1. The van der Waals surface area contributed by atoms with Gasteiger partial charge in [-0.05, 0) is 37.6 Å². The van der Waals surface area contributed by atoms with E-state index in [1.165, 1.54) is 12.1 Å². The number of alkyl halides is 3. The molecule has 2 aromatic rings. The Balaban J connectivity index is 1.59. The fourth-order valence-electron chi connectivity index (χ4n) is 2.03. The van der Waals surface area contributed by atoms with Crippen molar-refractivity contribution < 1.29 is 27.2 Å². The second kappa shape index (κ2) is 8.50. The Kier molecular flexibility index (Phi) is 6.37. The van der Waals surface area contributed by atoms with E-state index in [0.29, 0.717) is 36.7 Å². The van der Waals surface area contributed by atoms with E-state index < -0.39 is 11.7 Å². The normalized spacial score (nSPS) is 11.4. The van der Waals surface area contributed by atoms with Crippen LogP contribution in [0.1, 0.15) is 30.1 Å². The largest absolute Gasteiger partial charge is 0.492 e. The molecule has 9 heteroatoms. The van der Waals surface area contributed by atoms with Crippen molar-refractivity contribution >= 4 is 5.91 Å². The van der Waals surface area contributed by atoms with Gasteiger partial charge in [-0.1, -0.05) is 5.16 Å².